The van der Waals surface area contributed by atoms with Crippen molar-refractivity contribution in [2.45, 2.75) is 18.4 Å². The molecule has 0 aliphatic heterocycles. The zero-order chi connectivity index (χ0) is 12.5. The summed E-state index contributed by atoms with van der Waals surface area (Å²) in [5.41, 5.74) is 5.62. The van der Waals surface area contributed by atoms with Gasteiger partial charge in [0.1, 0.15) is 5.54 Å². The van der Waals surface area contributed by atoms with Crippen LogP contribution in [0.5, 0.6) is 0 Å². The van der Waals surface area contributed by atoms with Gasteiger partial charge in [-0.05, 0) is 25.0 Å². The molecule has 5 heteroatoms. The maximum Gasteiger partial charge on any atom is 0.331 e. The molecule has 90 valence electrons. The van der Waals surface area contributed by atoms with E-state index in [2.05, 4.69) is 10.1 Å². The van der Waals surface area contributed by atoms with E-state index in [1.807, 2.05) is 0 Å². The maximum absolute atomic E-state index is 11.9. The molecule has 1 aliphatic carbocycles. The van der Waals surface area contributed by atoms with Gasteiger partial charge in [0.25, 0.3) is 5.91 Å². The van der Waals surface area contributed by atoms with Gasteiger partial charge in [-0.15, -0.1) is 0 Å². The summed E-state index contributed by atoms with van der Waals surface area (Å²) in [6, 6.07) is 6.74. The van der Waals surface area contributed by atoms with Gasteiger partial charge in [-0.2, -0.15) is 0 Å². The van der Waals surface area contributed by atoms with Gasteiger partial charge in [0.2, 0.25) is 0 Å². The molecule has 1 saturated carbocycles. The van der Waals surface area contributed by atoms with Crippen LogP contribution in [0.15, 0.2) is 24.3 Å². The fraction of sp³-hybridized carbons (Fsp3) is 0.333. The van der Waals surface area contributed by atoms with Crippen LogP contribution in [0.4, 0.5) is 5.69 Å². The summed E-state index contributed by atoms with van der Waals surface area (Å²) < 4.78 is 4.66. The number of ether oxygens (including phenoxy) is 1. The van der Waals surface area contributed by atoms with E-state index in [4.69, 9.17) is 5.73 Å². The number of hydrogen-bond acceptors (Lipinski definition) is 4. The summed E-state index contributed by atoms with van der Waals surface area (Å²) in [4.78, 5) is 23.4. The molecule has 0 unspecified atom stereocenters. The van der Waals surface area contributed by atoms with E-state index >= 15 is 0 Å². The predicted molar refractivity (Wildman–Crippen MR) is 62.3 cm³/mol. The largest absolute Gasteiger partial charge is 0.467 e. The number of carbonyl (C=O) groups excluding carboxylic acids is 2. The summed E-state index contributed by atoms with van der Waals surface area (Å²) in [5, 5.41) is 2.68. The van der Waals surface area contributed by atoms with Crippen LogP contribution in [0.1, 0.15) is 23.2 Å². The molecule has 0 aromatic heterocycles. The molecule has 17 heavy (non-hydrogen) atoms. The number of carbonyl (C=O) groups is 2. The van der Waals surface area contributed by atoms with E-state index < -0.39 is 11.5 Å². The topological polar surface area (TPSA) is 81.4 Å². The zero-order valence-electron chi connectivity index (χ0n) is 9.53. The number of hydrogen-bond donors (Lipinski definition) is 2. The van der Waals surface area contributed by atoms with Crippen LogP contribution in [0.3, 0.4) is 0 Å². The van der Waals surface area contributed by atoms with Crippen molar-refractivity contribution in [3.63, 3.8) is 0 Å². The summed E-state index contributed by atoms with van der Waals surface area (Å²) in [6.45, 7) is 0. The van der Waals surface area contributed by atoms with Gasteiger partial charge in [-0.3, -0.25) is 4.79 Å². The van der Waals surface area contributed by atoms with Crippen LogP contribution < -0.4 is 11.1 Å². The standard InChI is InChI=1S/C12H14N2O3/c1-17-11(16)12(6-7-12)14-10(15)8-4-2-3-5-9(8)13/h2-5H,6-7,13H2,1H3,(H,14,15). The quantitative estimate of drug-likeness (QED) is 0.596. The zero-order valence-corrected chi connectivity index (χ0v) is 9.53. The van der Waals surface area contributed by atoms with Crippen molar-refractivity contribution >= 4 is 17.6 Å². The molecule has 0 heterocycles. The Kier molecular flexibility index (Phi) is 2.75. The number of para-hydroxylation sites is 1. The maximum atomic E-state index is 11.9. The molecular formula is C12H14N2O3. The highest BCUT2D eigenvalue weighted by molar-refractivity contribution is 6.02. The monoisotopic (exact) mass is 234 g/mol. The Morgan fingerprint density at radius 3 is 2.53 bits per heavy atom. The Morgan fingerprint density at radius 1 is 1.35 bits per heavy atom. The highest BCUT2D eigenvalue weighted by atomic mass is 16.5. The Hall–Kier alpha value is -2.04. The first-order valence-electron chi connectivity index (χ1n) is 5.34. The van der Waals surface area contributed by atoms with Crippen LogP contribution in [-0.2, 0) is 9.53 Å². The van der Waals surface area contributed by atoms with E-state index in [0.29, 0.717) is 24.1 Å². The molecule has 0 radical (unpaired) electrons. The van der Waals surface area contributed by atoms with Gasteiger partial charge in [0.05, 0.1) is 12.7 Å². The van der Waals surface area contributed by atoms with E-state index in [-0.39, 0.29) is 5.91 Å². The van der Waals surface area contributed by atoms with Gasteiger partial charge in [-0.25, -0.2) is 4.79 Å². The highest BCUT2D eigenvalue weighted by Crippen LogP contribution is 2.36. The molecule has 1 aromatic rings. The van der Waals surface area contributed by atoms with Crippen molar-refractivity contribution in [1.29, 1.82) is 0 Å². The van der Waals surface area contributed by atoms with E-state index in [0.717, 1.165) is 0 Å². The molecule has 1 fully saturated rings. The molecule has 1 aliphatic rings. The van der Waals surface area contributed by atoms with Crippen LogP contribution in [0.25, 0.3) is 0 Å². The minimum Gasteiger partial charge on any atom is -0.467 e. The number of nitrogens with two attached hydrogens (primary N) is 1. The third-order valence-electron chi connectivity index (χ3n) is 2.88. The third-order valence-corrected chi connectivity index (χ3v) is 2.88. The summed E-state index contributed by atoms with van der Waals surface area (Å²) >= 11 is 0. The lowest BCUT2D eigenvalue weighted by Gasteiger charge is -2.15. The van der Waals surface area contributed by atoms with Crippen molar-refractivity contribution in [3.05, 3.63) is 29.8 Å². The van der Waals surface area contributed by atoms with Crippen LogP contribution in [0.2, 0.25) is 0 Å². The molecule has 0 bridgehead atoms. The van der Waals surface area contributed by atoms with E-state index in [1.54, 1.807) is 24.3 Å². The van der Waals surface area contributed by atoms with Crippen LogP contribution in [0, 0.1) is 0 Å². The van der Waals surface area contributed by atoms with Crippen molar-refractivity contribution in [3.8, 4) is 0 Å². The van der Waals surface area contributed by atoms with E-state index in [1.165, 1.54) is 7.11 Å². The second-order valence-electron chi connectivity index (χ2n) is 4.12. The second kappa shape index (κ2) is 4.08. The predicted octanol–water partition coefficient (Wildman–Crippen LogP) is 0.704. The normalized spacial score (nSPS) is 16.1. The highest BCUT2D eigenvalue weighted by Gasteiger charge is 2.52. The molecule has 1 amide bonds. The number of amides is 1. The van der Waals surface area contributed by atoms with Gasteiger partial charge < -0.3 is 15.8 Å². The van der Waals surface area contributed by atoms with Crippen molar-refractivity contribution in [2.75, 3.05) is 12.8 Å². The molecule has 2 rings (SSSR count). The molecular weight excluding hydrogens is 220 g/mol. The lowest BCUT2D eigenvalue weighted by molar-refractivity contribution is -0.144. The minimum absolute atomic E-state index is 0.342. The number of benzene rings is 1. The minimum atomic E-state index is -0.839. The van der Waals surface area contributed by atoms with Gasteiger partial charge in [-0.1, -0.05) is 12.1 Å². The third kappa shape index (κ3) is 2.08. The fourth-order valence-electron chi connectivity index (χ4n) is 1.69. The lowest BCUT2D eigenvalue weighted by Crippen LogP contribution is -2.44. The number of methoxy groups -OCH3 is 1. The summed E-state index contributed by atoms with van der Waals surface area (Å²) in [7, 11) is 1.31. The average Bonchev–Trinajstić information content (AvgIpc) is 3.09. The van der Waals surface area contributed by atoms with Crippen LogP contribution in [-0.4, -0.2) is 24.5 Å². The number of nitrogens with one attached hydrogen (secondary N) is 1. The second-order valence-corrected chi connectivity index (χ2v) is 4.12. The number of nitrogen functional groups attached to an aromatic ring is 1. The molecule has 3 N–H and O–H groups in total. The lowest BCUT2D eigenvalue weighted by atomic mass is 10.1. The fourth-order valence-corrected chi connectivity index (χ4v) is 1.69. The first-order valence-corrected chi connectivity index (χ1v) is 5.34. The molecule has 0 spiro atoms. The molecule has 0 saturated heterocycles. The van der Waals surface area contributed by atoms with Gasteiger partial charge >= 0.3 is 5.97 Å². The molecule has 0 atom stereocenters. The Balaban J connectivity index is 2.13. The van der Waals surface area contributed by atoms with Gasteiger partial charge in [0, 0.05) is 5.69 Å². The van der Waals surface area contributed by atoms with Crippen LogP contribution >= 0.6 is 0 Å². The molecule has 5 nitrogen and oxygen atoms in total. The first kappa shape index (κ1) is 11.4. The SMILES string of the molecule is COC(=O)C1(NC(=O)c2ccccc2N)CC1. The van der Waals surface area contributed by atoms with Crippen molar-refractivity contribution < 1.29 is 14.3 Å². The number of rotatable bonds is 3. The first-order chi connectivity index (χ1) is 8.09. The Labute approximate surface area is 98.9 Å². The Morgan fingerprint density at radius 2 is 2.00 bits per heavy atom. The average molecular weight is 234 g/mol. The number of esters is 1. The smallest absolute Gasteiger partial charge is 0.331 e. The summed E-state index contributed by atoms with van der Waals surface area (Å²) in [5.74, 6) is -0.744. The van der Waals surface area contributed by atoms with Crippen molar-refractivity contribution in [2.24, 2.45) is 0 Å². The summed E-state index contributed by atoms with van der Waals surface area (Å²) in [6.07, 6.45) is 1.22. The van der Waals surface area contributed by atoms with Crippen molar-refractivity contribution in [1.82, 2.24) is 5.32 Å². The molecule has 1 aromatic carbocycles. The number of anilines is 1. The Bertz CT molecular complexity index is 467. The van der Waals surface area contributed by atoms with E-state index in [9.17, 15) is 9.59 Å². The van der Waals surface area contributed by atoms with Gasteiger partial charge in [0.15, 0.2) is 0 Å².